The van der Waals surface area contributed by atoms with Crippen LogP contribution >= 0.6 is 0 Å². The SMILES string of the molecule is COC(C)(C)c1noc(-c2cc(F)ccc2N)n1. The summed E-state index contributed by atoms with van der Waals surface area (Å²) in [5.41, 5.74) is 5.82. The Morgan fingerprint density at radius 1 is 1.39 bits per heavy atom. The van der Waals surface area contributed by atoms with Crippen molar-refractivity contribution in [3.05, 3.63) is 29.8 Å². The second-order valence-corrected chi connectivity index (χ2v) is 4.37. The van der Waals surface area contributed by atoms with E-state index in [0.29, 0.717) is 17.1 Å². The van der Waals surface area contributed by atoms with Crippen LogP contribution in [-0.2, 0) is 10.3 Å². The molecule has 96 valence electrons. The van der Waals surface area contributed by atoms with Gasteiger partial charge in [0.25, 0.3) is 5.89 Å². The van der Waals surface area contributed by atoms with Crippen LogP contribution in [0.1, 0.15) is 19.7 Å². The van der Waals surface area contributed by atoms with E-state index in [4.69, 9.17) is 15.0 Å². The minimum absolute atomic E-state index is 0.173. The van der Waals surface area contributed by atoms with E-state index in [1.54, 1.807) is 21.0 Å². The van der Waals surface area contributed by atoms with Crippen LogP contribution in [0.15, 0.2) is 22.7 Å². The van der Waals surface area contributed by atoms with Crippen LogP contribution in [0.5, 0.6) is 0 Å². The van der Waals surface area contributed by atoms with Gasteiger partial charge in [0.1, 0.15) is 11.4 Å². The Bertz CT molecular complexity index is 566. The first-order chi connectivity index (χ1) is 8.44. The smallest absolute Gasteiger partial charge is 0.260 e. The van der Waals surface area contributed by atoms with Crippen molar-refractivity contribution in [2.75, 3.05) is 12.8 Å². The van der Waals surface area contributed by atoms with Crippen molar-refractivity contribution in [1.82, 2.24) is 10.1 Å². The summed E-state index contributed by atoms with van der Waals surface area (Å²) in [5.74, 6) is 0.140. The van der Waals surface area contributed by atoms with Crippen LogP contribution < -0.4 is 5.73 Å². The number of hydrogen-bond donors (Lipinski definition) is 1. The van der Waals surface area contributed by atoms with Crippen molar-refractivity contribution in [3.8, 4) is 11.5 Å². The maximum Gasteiger partial charge on any atom is 0.260 e. The molecule has 0 unspecified atom stereocenters. The highest BCUT2D eigenvalue weighted by Crippen LogP contribution is 2.28. The molecule has 1 aromatic heterocycles. The largest absolute Gasteiger partial charge is 0.398 e. The number of nitrogens with two attached hydrogens (primary N) is 1. The third-order valence-electron chi connectivity index (χ3n) is 2.72. The van der Waals surface area contributed by atoms with E-state index in [0.717, 1.165) is 0 Å². The molecule has 0 aliphatic carbocycles. The van der Waals surface area contributed by atoms with Crippen LogP contribution in [0, 0.1) is 5.82 Å². The number of anilines is 1. The van der Waals surface area contributed by atoms with Crippen LogP contribution in [0.25, 0.3) is 11.5 Å². The molecule has 0 atom stereocenters. The van der Waals surface area contributed by atoms with E-state index in [1.807, 2.05) is 0 Å². The monoisotopic (exact) mass is 251 g/mol. The van der Waals surface area contributed by atoms with Gasteiger partial charge >= 0.3 is 0 Å². The molecule has 0 aliphatic rings. The molecule has 0 amide bonds. The molecule has 0 saturated heterocycles. The lowest BCUT2D eigenvalue weighted by Crippen LogP contribution is -2.21. The fourth-order valence-corrected chi connectivity index (χ4v) is 1.38. The van der Waals surface area contributed by atoms with Crippen molar-refractivity contribution in [1.29, 1.82) is 0 Å². The van der Waals surface area contributed by atoms with Gasteiger partial charge in [-0.3, -0.25) is 0 Å². The normalized spacial score (nSPS) is 11.8. The summed E-state index contributed by atoms with van der Waals surface area (Å²) in [5, 5.41) is 3.82. The van der Waals surface area contributed by atoms with Gasteiger partial charge in [0, 0.05) is 12.8 Å². The fourth-order valence-electron chi connectivity index (χ4n) is 1.38. The first-order valence-corrected chi connectivity index (χ1v) is 5.39. The molecule has 0 aliphatic heterocycles. The van der Waals surface area contributed by atoms with E-state index >= 15 is 0 Å². The Morgan fingerprint density at radius 3 is 2.78 bits per heavy atom. The van der Waals surface area contributed by atoms with Crippen LogP contribution in [0.3, 0.4) is 0 Å². The quantitative estimate of drug-likeness (QED) is 0.847. The average molecular weight is 251 g/mol. The molecule has 0 fully saturated rings. The Labute approximate surface area is 104 Å². The van der Waals surface area contributed by atoms with Gasteiger partial charge in [0.2, 0.25) is 5.82 Å². The van der Waals surface area contributed by atoms with Crippen molar-refractivity contribution < 1.29 is 13.7 Å². The van der Waals surface area contributed by atoms with Crippen molar-refractivity contribution in [2.24, 2.45) is 0 Å². The van der Waals surface area contributed by atoms with Crippen LogP contribution in [0.4, 0.5) is 10.1 Å². The highest BCUT2D eigenvalue weighted by molar-refractivity contribution is 5.70. The molecule has 0 spiro atoms. The minimum Gasteiger partial charge on any atom is -0.398 e. The van der Waals surface area contributed by atoms with E-state index in [2.05, 4.69) is 10.1 Å². The van der Waals surface area contributed by atoms with Crippen LogP contribution in [-0.4, -0.2) is 17.3 Å². The van der Waals surface area contributed by atoms with Gasteiger partial charge in [0.15, 0.2) is 0 Å². The maximum absolute atomic E-state index is 13.2. The van der Waals surface area contributed by atoms with Gasteiger partial charge in [-0.25, -0.2) is 4.39 Å². The lowest BCUT2D eigenvalue weighted by atomic mass is 10.1. The molecule has 18 heavy (non-hydrogen) atoms. The van der Waals surface area contributed by atoms with Crippen molar-refractivity contribution >= 4 is 5.69 Å². The lowest BCUT2D eigenvalue weighted by molar-refractivity contribution is 0.00973. The number of hydrogen-bond acceptors (Lipinski definition) is 5. The Morgan fingerprint density at radius 2 is 2.11 bits per heavy atom. The summed E-state index contributed by atoms with van der Waals surface area (Å²) in [7, 11) is 1.55. The molecule has 2 N–H and O–H groups in total. The number of nitrogen functional groups attached to an aromatic ring is 1. The van der Waals surface area contributed by atoms with Crippen LogP contribution in [0.2, 0.25) is 0 Å². The molecule has 2 rings (SSSR count). The molecule has 2 aromatic rings. The second-order valence-electron chi connectivity index (χ2n) is 4.37. The number of benzene rings is 1. The van der Waals surface area contributed by atoms with Gasteiger partial charge in [-0.05, 0) is 32.0 Å². The number of ether oxygens (including phenoxy) is 1. The van der Waals surface area contributed by atoms with E-state index in [1.165, 1.54) is 18.2 Å². The third kappa shape index (κ3) is 2.19. The first-order valence-electron chi connectivity index (χ1n) is 5.39. The molecule has 1 heterocycles. The number of aromatic nitrogens is 2. The average Bonchev–Trinajstić information content (AvgIpc) is 2.82. The minimum atomic E-state index is -0.677. The first kappa shape index (κ1) is 12.5. The number of halogens is 1. The number of nitrogens with zero attached hydrogens (tertiary/aromatic N) is 2. The molecule has 0 saturated carbocycles. The topological polar surface area (TPSA) is 74.2 Å². The molecule has 6 heteroatoms. The highest BCUT2D eigenvalue weighted by atomic mass is 19.1. The van der Waals surface area contributed by atoms with Gasteiger partial charge in [-0.1, -0.05) is 5.16 Å². The van der Waals surface area contributed by atoms with Gasteiger partial charge in [-0.15, -0.1) is 0 Å². The van der Waals surface area contributed by atoms with Crippen molar-refractivity contribution in [3.63, 3.8) is 0 Å². The molecular formula is C12H14FN3O2. The molecule has 1 aromatic carbocycles. The van der Waals surface area contributed by atoms with Gasteiger partial charge in [-0.2, -0.15) is 4.98 Å². The zero-order valence-electron chi connectivity index (χ0n) is 10.4. The Kier molecular flexibility index (Phi) is 3.04. The standard InChI is InChI=1S/C12H14FN3O2/c1-12(2,17-3)11-15-10(18-16-11)8-6-7(13)4-5-9(8)14/h4-6H,14H2,1-3H3. The van der Waals surface area contributed by atoms with Crippen molar-refractivity contribution in [2.45, 2.75) is 19.4 Å². The van der Waals surface area contributed by atoms with E-state index in [-0.39, 0.29) is 5.89 Å². The molecule has 0 bridgehead atoms. The molecular weight excluding hydrogens is 237 g/mol. The zero-order valence-corrected chi connectivity index (χ0v) is 10.4. The third-order valence-corrected chi connectivity index (χ3v) is 2.72. The molecule has 0 radical (unpaired) electrons. The van der Waals surface area contributed by atoms with E-state index < -0.39 is 11.4 Å². The summed E-state index contributed by atoms with van der Waals surface area (Å²) in [4.78, 5) is 4.18. The summed E-state index contributed by atoms with van der Waals surface area (Å²) < 4.78 is 23.5. The Hall–Kier alpha value is -1.95. The predicted octanol–water partition coefficient (Wildman–Crippen LogP) is 2.34. The number of rotatable bonds is 3. The van der Waals surface area contributed by atoms with Gasteiger partial charge in [0.05, 0.1) is 5.56 Å². The lowest BCUT2D eigenvalue weighted by Gasteiger charge is -2.17. The fraction of sp³-hybridized carbons (Fsp3) is 0.333. The maximum atomic E-state index is 13.2. The second kappa shape index (κ2) is 4.38. The Balaban J connectivity index is 2.44. The highest BCUT2D eigenvalue weighted by Gasteiger charge is 2.27. The summed E-state index contributed by atoms with van der Waals surface area (Å²) >= 11 is 0. The van der Waals surface area contributed by atoms with Gasteiger partial charge < -0.3 is 15.0 Å². The number of methoxy groups -OCH3 is 1. The predicted molar refractivity (Wildman–Crippen MR) is 64.1 cm³/mol. The summed E-state index contributed by atoms with van der Waals surface area (Å²) in [6.07, 6.45) is 0. The van der Waals surface area contributed by atoms with E-state index in [9.17, 15) is 4.39 Å². The summed E-state index contributed by atoms with van der Waals surface area (Å²) in [6.45, 7) is 3.60. The summed E-state index contributed by atoms with van der Waals surface area (Å²) in [6, 6.07) is 3.98. The molecule has 5 nitrogen and oxygen atoms in total. The zero-order chi connectivity index (χ0) is 13.3.